The van der Waals surface area contributed by atoms with Gasteiger partial charge < -0.3 is 9.47 Å². The van der Waals surface area contributed by atoms with Crippen molar-refractivity contribution >= 4 is 16.0 Å². The first kappa shape index (κ1) is 13.8. The SMILES string of the molecule is CCOC(=O)C1COc2ccc(S(N)(=O)=O)cc2C1. The Kier molecular flexibility index (Phi) is 3.77. The molecule has 0 aromatic heterocycles. The zero-order valence-corrected chi connectivity index (χ0v) is 11.3. The van der Waals surface area contributed by atoms with Gasteiger partial charge >= 0.3 is 5.97 Å². The number of fused-ring (bicyclic) bond motifs is 1. The third kappa shape index (κ3) is 3.05. The molecule has 0 radical (unpaired) electrons. The van der Waals surface area contributed by atoms with Gasteiger partial charge in [0.05, 0.1) is 17.4 Å². The summed E-state index contributed by atoms with van der Waals surface area (Å²) in [6.45, 7) is 2.27. The van der Waals surface area contributed by atoms with Crippen molar-refractivity contribution in [1.82, 2.24) is 0 Å². The molecular weight excluding hydrogens is 270 g/mol. The Morgan fingerprint density at radius 2 is 2.26 bits per heavy atom. The van der Waals surface area contributed by atoms with Gasteiger partial charge in [0.1, 0.15) is 12.4 Å². The molecule has 0 spiro atoms. The van der Waals surface area contributed by atoms with Crippen molar-refractivity contribution in [3.63, 3.8) is 0 Å². The fourth-order valence-electron chi connectivity index (χ4n) is 1.96. The highest BCUT2D eigenvalue weighted by Crippen LogP contribution is 2.29. The minimum absolute atomic E-state index is 0.0133. The summed E-state index contributed by atoms with van der Waals surface area (Å²) in [5, 5.41) is 5.07. The Labute approximate surface area is 111 Å². The Balaban J connectivity index is 2.26. The van der Waals surface area contributed by atoms with Gasteiger partial charge in [0.25, 0.3) is 0 Å². The minimum atomic E-state index is -3.76. The molecule has 0 aliphatic carbocycles. The van der Waals surface area contributed by atoms with Crippen LogP contribution in [0.25, 0.3) is 0 Å². The van der Waals surface area contributed by atoms with E-state index in [1.807, 2.05) is 0 Å². The smallest absolute Gasteiger partial charge is 0.312 e. The summed E-state index contributed by atoms with van der Waals surface area (Å²) in [7, 11) is -3.76. The average Bonchev–Trinajstić information content (AvgIpc) is 2.36. The quantitative estimate of drug-likeness (QED) is 0.813. The molecule has 0 saturated carbocycles. The highest BCUT2D eigenvalue weighted by molar-refractivity contribution is 7.89. The fourth-order valence-corrected chi connectivity index (χ4v) is 2.52. The number of nitrogens with two attached hydrogens (primary N) is 1. The maximum Gasteiger partial charge on any atom is 0.312 e. The van der Waals surface area contributed by atoms with Crippen molar-refractivity contribution in [2.45, 2.75) is 18.2 Å². The van der Waals surface area contributed by atoms with E-state index in [1.54, 1.807) is 13.0 Å². The first-order valence-corrected chi connectivity index (χ1v) is 7.41. The normalized spacial score (nSPS) is 18.3. The van der Waals surface area contributed by atoms with Crippen molar-refractivity contribution in [1.29, 1.82) is 0 Å². The van der Waals surface area contributed by atoms with Gasteiger partial charge in [-0.3, -0.25) is 4.79 Å². The summed E-state index contributed by atoms with van der Waals surface area (Å²) in [5.74, 6) is -0.176. The number of hydrogen-bond acceptors (Lipinski definition) is 5. The maximum absolute atomic E-state index is 11.6. The van der Waals surface area contributed by atoms with Gasteiger partial charge in [-0.25, -0.2) is 13.6 Å². The highest BCUT2D eigenvalue weighted by Gasteiger charge is 2.27. The molecule has 1 aromatic rings. The van der Waals surface area contributed by atoms with E-state index in [1.165, 1.54) is 12.1 Å². The summed E-state index contributed by atoms with van der Waals surface area (Å²) in [4.78, 5) is 11.7. The predicted octanol–water partition coefficient (Wildman–Crippen LogP) is 0.448. The van der Waals surface area contributed by atoms with Crippen LogP contribution in [0.1, 0.15) is 12.5 Å². The highest BCUT2D eigenvalue weighted by atomic mass is 32.2. The molecule has 1 atom stereocenters. The lowest BCUT2D eigenvalue weighted by atomic mass is 9.97. The Morgan fingerprint density at radius 3 is 2.89 bits per heavy atom. The molecule has 1 unspecified atom stereocenters. The number of hydrogen-bond donors (Lipinski definition) is 1. The van der Waals surface area contributed by atoms with Gasteiger partial charge in [0, 0.05) is 0 Å². The first-order chi connectivity index (χ1) is 8.91. The van der Waals surface area contributed by atoms with Crippen LogP contribution in [-0.2, 0) is 26.0 Å². The number of ether oxygens (including phenoxy) is 2. The molecule has 104 valence electrons. The molecule has 0 amide bonds. The molecule has 0 fully saturated rings. The van der Waals surface area contributed by atoms with Gasteiger partial charge in [-0.1, -0.05) is 0 Å². The Morgan fingerprint density at radius 1 is 1.53 bits per heavy atom. The summed E-state index contributed by atoms with van der Waals surface area (Å²) < 4.78 is 32.9. The maximum atomic E-state index is 11.6. The number of carbonyl (C=O) groups is 1. The molecule has 2 N–H and O–H groups in total. The van der Waals surface area contributed by atoms with Crippen molar-refractivity contribution in [2.75, 3.05) is 13.2 Å². The molecule has 6 nitrogen and oxygen atoms in total. The van der Waals surface area contributed by atoms with Gasteiger partial charge in [0.15, 0.2) is 0 Å². The summed E-state index contributed by atoms with van der Waals surface area (Å²) in [6.07, 6.45) is 0.386. The van der Waals surface area contributed by atoms with Gasteiger partial charge in [-0.2, -0.15) is 0 Å². The molecule has 19 heavy (non-hydrogen) atoms. The monoisotopic (exact) mass is 285 g/mol. The van der Waals surface area contributed by atoms with Crippen molar-refractivity contribution < 1.29 is 22.7 Å². The van der Waals surface area contributed by atoms with E-state index in [9.17, 15) is 13.2 Å². The van der Waals surface area contributed by atoms with Crippen LogP contribution in [0.15, 0.2) is 23.1 Å². The van der Waals surface area contributed by atoms with Gasteiger partial charge in [-0.15, -0.1) is 0 Å². The third-order valence-corrected chi connectivity index (χ3v) is 3.80. The minimum Gasteiger partial charge on any atom is -0.492 e. The standard InChI is InChI=1S/C12H15NO5S/c1-2-17-12(14)9-5-8-6-10(19(13,15)16)3-4-11(8)18-7-9/h3-4,6,9H,2,5,7H2,1H3,(H2,13,15,16). The fraction of sp³-hybridized carbons (Fsp3) is 0.417. The van der Waals surface area contributed by atoms with E-state index in [2.05, 4.69) is 0 Å². The summed E-state index contributed by atoms with van der Waals surface area (Å²) in [5.41, 5.74) is 0.649. The topological polar surface area (TPSA) is 95.7 Å². The molecule has 2 rings (SSSR count). The lowest BCUT2D eigenvalue weighted by Crippen LogP contribution is -2.30. The van der Waals surface area contributed by atoms with Crippen LogP contribution in [0.5, 0.6) is 5.75 Å². The van der Waals surface area contributed by atoms with Gasteiger partial charge in [0.2, 0.25) is 10.0 Å². The van der Waals surface area contributed by atoms with Crippen molar-refractivity contribution in [3.05, 3.63) is 23.8 Å². The second kappa shape index (κ2) is 5.18. The largest absolute Gasteiger partial charge is 0.492 e. The zero-order chi connectivity index (χ0) is 14.0. The van der Waals surface area contributed by atoms with Crippen LogP contribution >= 0.6 is 0 Å². The van der Waals surface area contributed by atoms with E-state index in [4.69, 9.17) is 14.6 Å². The second-order valence-corrected chi connectivity index (χ2v) is 5.84. The molecule has 1 heterocycles. The molecule has 0 bridgehead atoms. The van der Waals surface area contributed by atoms with Gasteiger partial charge in [-0.05, 0) is 37.1 Å². The molecule has 1 aliphatic rings. The molecular formula is C12H15NO5S. The molecule has 0 saturated heterocycles. The van der Waals surface area contributed by atoms with Crippen LogP contribution in [0.3, 0.4) is 0 Å². The number of sulfonamides is 1. The Bertz CT molecular complexity index is 596. The molecule has 7 heteroatoms. The van der Waals surface area contributed by atoms with Crippen LogP contribution in [-0.4, -0.2) is 27.6 Å². The predicted molar refractivity (Wildman–Crippen MR) is 67.1 cm³/mol. The van der Waals surface area contributed by atoms with Crippen molar-refractivity contribution in [3.8, 4) is 5.75 Å². The second-order valence-electron chi connectivity index (χ2n) is 4.28. The van der Waals surface area contributed by atoms with E-state index >= 15 is 0 Å². The van der Waals surface area contributed by atoms with Crippen molar-refractivity contribution in [2.24, 2.45) is 11.1 Å². The lowest BCUT2D eigenvalue weighted by molar-refractivity contribution is -0.149. The van der Waals surface area contributed by atoms with E-state index in [0.717, 1.165) is 0 Å². The number of rotatable bonds is 3. The first-order valence-electron chi connectivity index (χ1n) is 5.87. The third-order valence-electron chi connectivity index (χ3n) is 2.89. The molecule has 1 aromatic carbocycles. The summed E-state index contributed by atoms with van der Waals surface area (Å²) in [6, 6.07) is 4.38. The van der Waals surface area contributed by atoms with E-state index < -0.39 is 15.9 Å². The van der Waals surface area contributed by atoms with Crippen LogP contribution in [0.4, 0.5) is 0 Å². The zero-order valence-electron chi connectivity index (χ0n) is 10.5. The van der Waals surface area contributed by atoms with Crippen LogP contribution in [0, 0.1) is 5.92 Å². The number of benzene rings is 1. The Hall–Kier alpha value is -1.60. The van der Waals surface area contributed by atoms with Crippen LogP contribution in [0.2, 0.25) is 0 Å². The summed E-state index contributed by atoms with van der Waals surface area (Å²) >= 11 is 0. The van der Waals surface area contributed by atoms with E-state index in [0.29, 0.717) is 24.3 Å². The number of primary sulfonamides is 1. The number of carbonyl (C=O) groups excluding carboxylic acids is 1. The van der Waals surface area contributed by atoms with Crippen LogP contribution < -0.4 is 9.88 Å². The molecule has 1 aliphatic heterocycles. The lowest BCUT2D eigenvalue weighted by Gasteiger charge is -2.24. The van der Waals surface area contributed by atoms with E-state index in [-0.39, 0.29) is 17.5 Å². The number of esters is 1. The average molecular weight is 285 g/mol.